The molecule has 4 heteroatoms. The lowest BCUT2D eigenvalue weighted by molar-refractivity contribution is 0.146. The van der Waals surface area contributed by atoms with Crippen LogP contribution in [0.1, 0.15) is 87.5 Å². The average Bonchev–Trinajstić information content (AvgIpc) is 3.10. The van der Waals surface area contributed by atoms with Gasteiger partial charge in [0.1, 0.15) is 5.65 Å². The van der Waals surface area contributed by atoms with Crippen molar-refractivity contribution < 1.29 is 0 Å². The third-order valence-electron chi connectivity index (χ3n) is 8.75. The van der Waals surface area contributed by atoms with Gasteiger partial charge in [-0.3, -0.25) is 0 Å². The molecule has 0 N–H and O–H groups in total. The van der Waals surface area contributed by atoms with Crippen molar-refractivity contribution in [2.45, 2.75) is 110 Å². The number of hydrogen-bond acceptors (Lipinski definition) is 2. The van der Waals surface area contributed by atoms with Gasteiger partial charge in [-0.2, -0.15) is 0 Å². The van der Waals surface area contributed by atoms with Gasteiger partial charge >= 0.3 is 0 Å². The van der Waals surface area contributed by atoms with Crippen molar-refractivity contribution >= 4 is 25.0 Å². The molecule has 1 aliphatic heterocycles. The first-order chi connectivity index (χ1) is 14.6. The summed E-state index contributed by atoms with van der Waals surface area (Å²) in [5.74, 6) is 0.846. The first kappa shape index (κ1) is 22.9. The fourth-order valence-electron chi connectivity index (χ4n) is 7.87. The van der Waals surface area contributed by atoms with E-state index in [9.17, 15) is 0 Å². The van der Waals surface area contributed by atoms with Crippen molar-refractivity contribution in [1.29, 1.82) is 0 Å². The van der Waals surface area contributed by atoms with Gasteiger partial charge in [-0.05, 0) is 65.5 Å². The summed E-state index contributed by atoms with van der Waals surface area (Å²) in [6.45, 7) is 20.8. The quantitative estimate of drug-likeness (QED) is 0.442. The monoisotopic (exact) mass is 439 g/mol. The summed E-state index contributed by atoms with van der Waals surface area (Å²) >= 11 is 0. The van der Waals surface area contributed by atoms with Crippen LogP contribution in [0.2, 0.25) is 16.6 Å². The molecule has 0 unspecified atom stereocenters. The molecule has 4 rings (SSSR count). The minimum Gasteiger partial charge on any atom is -0.367 e. The van der Waals surface area contributed by atoms with Crippen LogP contribution < -0.4 is 4.90 Å². The van der Waals surface area contributed by atoms with Gasteiger partial charge in [0.25, 0.3) is 0 Å². The van der Waals surface area contributed by atoms with Crippen molar-refractivity contribution in [3.8, 4) is 0 Å². The predicted octanol–water partition coefficient (Wildman–Crippen LogP) is 7.86. The van der Waals surface area contributed by atoms with E-state index >= 15 is 0 Å². The topological polar surface area (TPSA) is 21.1 Å². The Bertz CT molecular complexity index is 889. The first-order valence-electron chi connectivity index (χ1n) is 12.8. The van der Waals surface area contributed by atoms with Crippen molar-refractivity contribution in [1.82, 2.24) is 9.22 Å². The number of rotatable bonds is 5. The van der Waals surface area contributed by atoms with Gasteiger partial charge in [-0.15, -0.1) is 0 Å². The van der Waals surface area contributed by atoms with E-state index in [0.29, 0.717) is 28.1 Å². The van der Waals surface area contributed by atoms with E-state index in [-0.39, 0.29) is 0 Å². The van der Waals surface area contributed by atoms with Crippen LogP contribution in [-0.4, -0.2) is 30.0 Å². The Hall–Kier alpha value is -1.29. The zero-order valence-corrected chi connectivity index (χ0v) is 22.3. The summed E-state index contributed by atoms with van der Waals surface area (Å²) in [5, 5.41) is 1.38. The molecule has 1 saturated carbocycles. The first-order valence-corrected chi connectivity index (χ1v) is 15.0. The molecule has 0 aromatic carbocycles. The molecular weight excluding hydrogens is 394 g/mol. The van der Waals surface area contributed by atoms with E-state index in [1.54, 1.807) is 0 Å². The minimum atomic E-state index is -1.82. The molecule has 2 aromatic rings. The van der Waals surface area contributed by atoms with Crippen LogP contribution in [0.15, 0.2) is 24.5 Å². The van der Waals surface area contributed by atoms with Gasteiger partial charge in [0.2, 0.25) is 0 Å². The van der Waals surface area contributed by atoms with Gasteiger partial charge in [0.15, 0.2) is 8.24 Å². The number of pyridine rings is 1. The fraction of sp³-hybridized carbons (Fsp3) is 0.741. The maximum Gasteiger partial charge on any atom is 0.171 e. The molecule has 172 valence electrons. The van der Waals surface area contributed by atoms with Gasteiger partial charge in [0.05, 0.1) is 0 Å². The van der Waals surface area contributed by atoms with E-state index in [1.807, 2.05) is 0 Å². The molecule has 0 amide bonds. The van der Waals surface area contributed by atoms with E-state index in [2.05, 4.69) is 89.0 Å². The minimum absolute atomic E-state index is 0.378. The molecule has 1 saturated heterocycles. The summed E-state index contributed by atoms with van der Waals surface area (Å²) < 4.78 is 2.68. The summed E-state index contributed by atoms with van der Waals surface area (Å²) in [6, 6.07) is 5.41. The lowest BCUT2D eigenvalue weighted by atomic mass is 9.69. The normalized spacial score (nSPS) is 24.4. The summed E-state index contributed by atoms with van der Waals surface area (Å²) in [5.41, 5.74) is 5.06. The van der Waals surface area contributed by atoms with Crippen molar-refractivity contribution in [2.75, 3.05) is 11.4 Å². The predicted molar refractivity (Wildman–Crippen MR) is 138 cm³/mol. The van der Waals surface area contributed by atoms with Gasteiger partial charge in [-0.25, -0.2) is 4.98 Å². The molecule has 0 radical (unpaired) electrons. The second kappa shape index (κ2) is 8.24. The van der Waals surface area contributed by atoms with Gasteiger partial charge < -0.3 is 9.13 Å². The number of hydrogen-bond donors (Lipinski definition) is 0. The lowest BCUT2D eigenvalue weighted by Crippen LogP contribution is -2.53. The molecule has 3 heterocycles. The van der Waals surface area contributed by atoms with Crippen molar-refractivity contribution in [3.63, 3.8) is 0 Å². The highest BCUT2D eigenvalue weighted by atomic mass is 28.3. The molecule has 1 aliphatic carbocycles. The summed E-state index contributed by atoms with van der Waals surface area (Å²) in [4.78, 5) is 7.82. The molecule has 2 fully saturated rings. The van der Waals surface area contributed by atoms with E-state index in [4.69, 9.17) is 4.98 Å². The molecule has 0 bridgehead atoms. The highest BCUT2D eigenvalue weighted by molar-refractivity contribution is 6.82. The van der Waals surface area contributed by atoms with Crippen LogP contribution in [0.5, 0.6) is 0 Å². The van der Waals surface area contributed by atoms with E-state index < -0.39 is 8.24 Å². The van der Waals surface area contributed by atoms with Crippen molar-refractivity contribution in [2.24, 2.45) is 11.3 Å². The molecular formula is C27H45N3Si. The highest BCUT2D eigenvalue weighted by Gasteiger charge is 2.46. The number of piperidine rings is 1. The van der Waals surface area contributed by atoms with Crippen LogP contribution in [0, 0.1) is 11.3 Å². The van der Waals surface area contributed by atoms with Crippen molar-refractivity contribution in [3.05, 3.63) is 24.5 Å². The number of fused-ring (bicyclic) bond motifs is 2. The molecule has 0 spiro atoms. The summed E-state index contributed by atoms with van der Waals surface area (Å²) in [6.07, 6.45) is 11.4. The zero-order chi connectivity index (χ0) is 22.6. The van der Waals surface area contributed by atoms with Crippen LogP contribution in [-0.2, 0) is 0 Å². The Kier molecular flexibility index (Phi) is 6.08. The molecule has 2 aliphatic rings. The highest BCUT2D eigenvalue weighted by Crippen LogP contribution is 2.47. The lowest BCUT2D eigenvalue weighted by Gasteiger charge is -2.51. The Balaban J connectivity index is 1.86. The zero-order valence-electron chi connectivity index (χ0n) is 21.3. The second-order valence-electron chi connectivity index (χ2n) is 12.2. The SMILES string of the molecule is CC(C)[Si](C(C)C)(C(C)C)n1ccc2c(N3CC(C)(C)C[C@H]4CCCC[C@@H]43)ccnc21. The Morgan fingerprint density at radius 2 is 1.61 bits per heavy atom. The van der Waals surface area contributed by atoms with Crippen LogP contribution in [0.4, 0.5) is 5.69 Å². The van der Waals surface area contributed by atoms with Gasteiger partial charge in [0, 0.05) is 29.9 Å². The molecule has 2 aromatic heterocycles. The van der Waals surface area contributed by atoms with Gasteiger partial charge in [-0.1, -0.05) is 68.2 Å². The van der Waals surface area contributed by atoms with Crippen LogP contribution >= 0.6 is 0 Å². The maximum absolute atomic E-state index is 5.02. The standard InChI is InChI=1S/C27H45N3Si/c1-19(2)31(20(3)4,21(5)6)30-16-14-23-25(13-15-28-26(23)30)29-18-27(7,8)17-22-11-9-10-12-24(22)29/h13-16,19-22,24H,9-12,17-18H2,1-8H3/t22-,24+/m1/s1. The van der Waals surface area contributed by atoms with Crippen LogP contribution in [0.3, 0.4) is 0 Å². The third-order valence-corrected chi connectivity index (χ3v) is 15.5. The third kappa shape index (κ3) is 3.67. The smallest absolute Gasteiger partial charge is 0.171 e. The second-order valence-corrected chi connectivity index (χ2v) is 17.9. The Morgan fingerprint density at radius 3 is 2.26 bits per heavy atom. The fourth-order valence-corrected chi connectivity index (χ4v) is 14.4. The molecule has 3 nitrogen and oxygen atoms in total. The Labute approximate surface area is 191 Å². The van der Waals surface area contributed by atoms with E-state index in [1.165, 1.54) is 55.4 Å². The van der Waals surface area contributed by atoms with E-state index in [0.717, 1.165) is 5.92 Å². The average molecular weight is 440 g/mol. The number of anilines is 1. The molecule has 31 heavy (non-hydrogen) atoms. The summed E-state index contributed by atoms with van der Waals surface area (Å²) in [7, 11) is -1.82. The number of aromatic nitrogens is 2. The maximum atomic E-state index is 5.02. The Morgan fingerprint density at radius 1 is 0.968 bits per heavy atom. The number of nitrogens with zero attached hydrogens (tertiary/aromatic N) is 3. The largest absolute Gasteiger partial charge is 0.367 e. The molecule has 2 atom stereocenters. The van der Waals surface area contributed by atoms with Crippen LogP contribution in [0.25, 0.3) is 11.0 Å².